The van der Waals surface area contributed by atoms with Gasteiger partial charge in [-0.1, -0.05) is 18.2 Å². The van der Waals surface area contributed by atoms with Gasteiger partial charge in [0.25, 0.3) is 0 Å². The number of pyridine rings is 1. The third kappa shape index (κ3) is 2.61. The number of hydrogen-bond acceptors (Lipinski definition) is 2. The third-order valence-electron chi connectivity index (χ3n) is 2.74. The first-order valence-corrected chi connectivity index (χ1v) is 5.42. The van der Waals surface area contributed by atoms with Crippen molar-refractivity contribution < 1.29 is 18.7 Å². The van der Waals surface area contributed by atoms with Gasteiger partial charge in [-0.3, -0.25) is 9.78 Å². The molecular formula is C13H11F2NO2. The number of carboxylic acid groups (broad SMARTS) is 1. The van der Waals surface area contributed by atoms with Crippen LogP contribution in [0.3, 0.4) is 0 Å². The highest BCUT2D eigenvalue weighted by molar-refractivity contribution is 5.79. The SMILES string of the molecule is O=C(O)CC(c1cnc2ccccc2c1)C(F)F. The van der Waals surface area contributed by atoms with Crippen LogP contribution in [0, 0.1) is 0 Å². The second kappa shape index (κ2) is 5.08. The molecule has 0 aliphatic carbocycles. The van der Waals surface area contributed by atoms with Crippen LogP contribution in [0.4, 0.5) is 8.78 Å². The topological polar surface area (TPSA) is 50.2 Å². The van der Waals surface area contributed by atoms with E-state index in [1.54, 1.807) is 30.3 Å². The average Bonchev–Trinajstić information content (AvgIpc) is 2.35. The number of halogens is 2. The summed E-state index contributed by atoms with van der Waals surface area (Å²) in [5, 5.41) is 9.38. The van der Waals surface area contributed by atoms with Crippen molar-refractivity contribution in [1.29, 1.82) is 0 Å². The maximum absolute atomic E-state index is 12.9. The number of rotatable bonds is 4. The maximum Gasteiger partial charge on any atom is 0.304 e. The van der Waals surface area contributed by atoms with Gasteiger partial charge < -0.3 is 5.11 Å². The Hall–Kier alpha value is -2.04. The number of benzene rings is 1. The smallest absolute Gasteiger partial charge is 0.304 e. The molecule has 2 aromatic rings. The van der Waals surface area contributed by atoms with Gasteiger partial charge in [0.05, 0.1) is 17.9 Å². The van der Waals surface area contributed by atoms with E-state index in [9.17, 15) is 13.6 Å². The molecule has 0 aliphatic heterocycles. The second-order valence-corrected chi connectivity index (χ2v) is 4.00. The molecule has 0 spiro atoms. The first-order chi connectivity index (χ1) is 8.58. The van der Waals surface area contributed by atoms with Gasteiger partial charge in [-0.2, -0.15) is 0 Å². The van der Waals surface area contributed by atoms with E-state index in [2.05, 4.69) is 4.98 Å². The molecule has 1 atom stereocenters. The van der Waals surface area contributed by atoms with Gasteiger partial charge in [0.1, 0.15) is 0 Å². The quantitative estimate of drug-likeness (QED) is 0.908. The lowest BCUT2D eigenvalue weighted by Gasteiger charge is -2.14. The summed E-state index contributed by atoms with van der Waals surface area (Å²) < 4.78 is 25.7. The number of aromatic nitrogens is 1. The fraction of sp³-hybridized carbons (Fsp3) is 0.231. The van der Waals surface area contributed by atoms with E-state index in [0.717, 1.165) is 5.39 Å². The third-order valence-corrected chi connectivity index (χ3v) is 2.74. The number of carboxylic acids is 1. The molecule has 0 aliphatic rings. The fourth-order valence-corrected chi connectivity index (χ4v) is 1.83. The molecule has 5 heteroatoms. The molecule has 1 N–H and O–H groups in total. The van der Waals surface area contributed by atoms with Crippen molar-refractivity contribution in [1.82, 2.24) is 4.98 Å². The largest absolute Gasteiger partial charge is 0.481 e. The molecule has 0 radical (unpaired) electrons. The molecular weight excluding hydrogens is 240 g/mol. The van der Waals surface area contributed by atoms with Gasteiger partial charge in [0.15, 0.2) is 0 Å². The Morgan fingerprint density at radius 3 is 2.72 bits per heavy atom. The minimum Gasteiger partial charge on any atom is -0.481 e. The molecule has 0 saturated heterocycles. The second-order valence-electron chi connectivity index (χ2n) is 4.00. The molecule has 1 heterocycles. The first kappa shape index (κ1) is 12.4. The molecule has 0 bridgehead atoms. The highest BCUT2D eigenvalue weighted by Gasteiger charge is 2.25. The van der Waals surface area contributed by atoms with Crippen molar-refractivity contribution in [3.8, 4) is 0 Å². The molecule has 1 aromatic heterocycles. The van der Waals surface area contributed by atoms with E-state index in [1.807, 2.05) is 0 Å². The zero-order valence-electron chi connectivity index (χ0n) is 9.38. The molecule has 18 heavy (non-hydrogen) atoms. The maximum atomic E-state index is 12.9. The number of fused-ring (bicyclic) bond motifs is 1. The number of hydrogen-bond donors (Lipinski definition) is 1. The molecule has 94 valence electrons. The summed E-state index contributed by atoms with van der Waals surface area (Å²) in [5.74, 6) is -2.56. The highest BCUT2D eigenvalue weighted by Crippen LogP contribution is 2.28. The molecule has 1 unspecified atom stereocenters. The zero-order valence-corrected chi connectivity index (χ0v) is 9.38. The van der Waals surface area contributed by atoms with Crippen molar-refractivity contribution in [2.24, 2.45) is 0 Å². The van der Waals surface area contributed by atoms with Crippen LogP contribution in [0.15, 0.2) is 36.5 Å². The monoisotopic (exact) mass is 251 g/mol. The predicted octanol–water partition coefficient (Wildman–Crippen LogP) is 3.06. The lowest BCUT2D eigenvalue weighted by molar-refractivity contribution is -0.138. The van der Waals surface area contributed by atoms with Gasteiger partial charge in [0, 0.05) is 11.6 Å². The lowest BCUT2D eigenvalue weighted by Crippen LogP contribution is -2.14. The summed E-state index contributed by atoms with van der Waals surface area (Å²) in [6.45, 7) is 0. The fourth-order valence-electron chi connectivity index (χ4n) is 1.83. The number of alkyl halides is 2. The summed E-state index contributed by atoms with van der Waals surface area (Å²) in [6, 6.07) is 8.68. The molecule has 0 amide bonds. The summed E-state index contributed by atoms with van der Waals surface area (Å²) in [7, 11) is 0. The molecule has 3 nitrogen and oxygen atoms in total. The highest BCUT2D eigenvalue weighted by atomic mass is 19.3. The summed E-state index contributed by atoms with van der Waals surface area (Å²) in [4.78, 5) is 14.7. The number of para-hydroxylation sites is 1. The number of aliphatic carboxylic acids is 1. The summed E-state index contributed by atoms with van der Waals surface area (Å²) in [6.07, 6.45) is -2.00. The summed E-state index contributed by atoms with van der Waals surface area (Å²) in [5.41, 5.74) is 0.954. The van der Waals surface area contributed by atoms with Gasteiger partial charge in [-0.15, -0.1) is 0 Å². The normalized spacial score (nSPS) is 12.8. The van der Waals surface area contributed by atoms with Crippen molar-refractivity contribution in [2.45, 2.75) is 18.8 Å². The Labute approximate surface area is 102 Å². The van der Waals surface area contributed by atoms with Crippen molar-refractivity contribution in [2.75, 3.05) is 0 Å². The van der Waals surface area contributed by atoms with E-state index in [1.165, 1.54) is 6.20 Å². The Balaban J connectivity index is 2.41. The number of nitrogens with zero attached hydrogens (tertiary/aromatic N) is 1. The van der Waals surface area contributed by atoms with Crippen LogP contribution in [0.1, 0.15) is 17.9 Å². The van der Waals surface area contributed by atoms with Gasteiger partial charge in [-0.25, -0.2) is 8.78 Å². The van der Waals surface area contributed by atoms with E-state index < -0.39 is 24.7 Å². The molecule has 0 fully saturated rings. The Bertz CT molecular complexity index is 572. The van der Waals surface area contributed by atoms with Crippen LogP contribution < -0.4 is 0 Å². The van der Waals surface area contributed by atoms with Crippen LogP contribution in [0.2, 0.25) is 0 Å². The standard InChI is InChI=1S/C13H11F2NO2/c14-13(15)10(6-12(17)18)9-5-8-3-1-2-4-11(8)16-7-9/h1-5,7,10,13H,6H2,(H,17,18). The first-order valence-electron chi connectivity index (χ1n) is 5.42. The molecule has 1 aromatic carbocycles. The van der Waals surface area contributed by atoms with Gasteiger partial charge in [0.2, 0.25) is 6.43 Å². The molecule has 2 rings (SSSR count). The van der Waals surface area contributed by atoms with Gasteiger partial charge >= 0.3 is 5.97 Å². The Morgan fingerprint density at radius 2 is 2.06 bits per heavy atom. The van der Waals surface area contributed by atoms with E-state index in [0.29, 0.717) is 5.52 Å². The van der Waals surface area contributed by atoms with E-state index >= 15 is 0 Å². The summed E-state index contributed by atoms with van der Waals surface area (Å²) >= 11 is 0. The van der Waals surface area contributed by atoms with Crippen molar-refractivity contribution in [3.05, 3.63) is 42.1 Å². The number of carbonyl (C=O) groups is 1. The Morgan fingerprint density at radius 1 is 1.33 bits per heavy atom. The van der Waals surface area contributed by atoms with Crippen molar-refractivity contribution >= 4 is 16.9 Å². The van der Waals surface area contributed by atoms with Crippen molar-refractivity contribution in [3.63, 3.8) is 0 Å². The van der Waals surface area contributed by atoms with Crippen LogP contribution in [0.5, 0.6) is 0 Å². The minimum atomic E-state index is -2.72. The van der Waals surface area contributed by atoms with Crippen LogP contribution in [-0.4, -0.2) is 22.5 Å². The van der Waals surface area contributed by atoms with Crippen LogP contribution in [0.25, 0.3) is 10.9 Å². The van der Waals surface area contributed by atoms with Crippen LogP contribution >= 0.6 is 0 Å². The van der Waals surface area contributed by atoms with Gasteiger partial charge in [-0.05, 0) is 17.7 Å². The lowest BCUT2D eigenvalue weighted by atomic mass is 9.96. The Kier molecular flexibility index (Phi) is 3.50. The molecule has 0 saturated carbocycles. The van der Waals surface area contributed by atoms with E-state index in [4.69, 9.17) is 5.11 Å². The average molecular weight is 251 g/mol. The minimum absolute atomic E-state index is 0.256. The van der Waals surface area contributed by atoms with E-state index in [-0.39, 0.29) is 5.56 Å². The van der Waals surface area contributed by atoms with Crippen LogP contribution in [-0.2, 0) is 4.79 Å². The zero-order chi connectivity index (χ0) is 13.1. The predicted molar refractivity (Wildman–Crippen MR) is 62.7 cm³/mol.